The van der Waals surface area contributed by atoms with Crippen molar-refractivity contribution in [3.8, 4) is 16.6 Å². The molecule has 0 fully saturated rings. The van der Waals surface area contributed by atoms with Crippen molar-refractivity contribution in [2.75, 3.05) is 0 Å². The monoisotopic (exact) mass is 435 g/mol. The van der Waals surface area contributed by atoms with Gasteiger partial charge in [0, 0.05) is 11.6 Å². The molecule has 11 heteroatoms. The average Bonchev–Trinajstić information content (AvgIpc) is 3.21. The van der Waals surface area contributed by atoms with Crippen LogP contribution in [0, 0.1) is 21.4 Å². The molecule has 0 spiro atoms. The summed E-state index contributed by atoms with van der Waals surface area (Å²) in [6.45, 7) is 0. The van der Waals surface area contributed by atoms with Gasteiger partial charge in [-0.05, 0) is 23.6 Å². The number of carbonyl (C=O) groups excluding carboxylic acids is 1. The van der Waals surface area contributed by atoms with Gasteiger partial charge in [-0.15, -0.1) is 11.3 Å². The van der Waals surface area contributed by atoms with Gasteiger partial charge in [-0.2, -0.15) is 18.4 Å². The molecule has 6 nitrogen and oxygen atoms in total. The van der Waals surface area contributed by atoms with Crippen LogP contribution in [0.4, 0.5) is 18.9 Å². The molecule has 0 aliphatic heterocycles. The number of halogens is 3. The van der Waals surface area contributed by atoms with E-state index in [0.717, 1.165) is 12.1 Å². The summed E-state index contributed by atoms with van der Waals surface area (Å²) < 4.78 is 40.7. The van der Waals surface area contributed by atoms with Crippen LogP contribution in [0.15, 0.2) is 51.7 Å². The Balaban J connectivity index is 2.22. The predicted molar refractivity (Wildman–Crippen MR) is 99.9 cm³/mol. The van der Waals surface area contributed by atoms with Gasteiger partial charge in [-0.3, -0.25) is 14.9 Å². The molecule has 1 aromatic carbocycles. The Kier molecular flexibility index (Phi) is 5.67. The van der Waals surface area contributed by atoms with Crippen LogP contribution in [0.3, 0.4) is 0 Å². The van der Waals surface area contributed by atoms with Crippen molar-refractivity contribution in [2.24, 2.45) is 0 Å². The van der Waals surface area contributed by atoms with E-state index in [-0.39, 0.29) is 21.2 Å². The first-order valence-corrected chi connectivity index (χ1v) is 9.42. The van der Waals surface area contributed by atoms with Gasteiger partial charge in [-0.1, -0.05) is 23.9 Å². The lowest BCUT2D eigenvalue weighted by atomic mass is 10.1. The number of nitriles is 1. The average molecular weight is 435 g/mol. The lowest BCUT2D eigenvalue weighted by molar-refractivity contribution is -0.387. The summed E-state index contributed by atoms with van der Waals surface area (Å²) in [6, 6.07) is 9.06. The molecule has 3 aromatic rings. The van der Waals surface area contributed by atoms with Crippen LogP contribution in [0.1, 0.15) is 21.5 Å². The van der Waals surface area contributed by atoms with Crippen LogP contribution in [0.25, 0.3) is 10.6 Å². The second-order valence-electron chi connectivity index (χ2n) is 5.53. The first kappa shape index (κ1) is 20.5. The van der Waals surface area contributed by atoms with E-state index in [4.69, 9.17) is 0 Å². The normalized spacial score (nSPS) is 11.1. The Bertz CT molecular complexity index is 1140. The lowest BCUT2D eigenvalue weighted by Crippen LogP contribution is -2.10. The molecule has 0 saturated carbocycles. The van der Waals surface area contributed by atoms with Crippen LogP contribution in [0.2, 0.25) is 0 Å². The highest BCUT2D eigenvalue weighted by Crippen LogP contribution is 2.42. The summed E-state index contributed by atoms with van der Waals surface area (Å²) in [5, 5.41) is 22.0. The van der Waals surface area contributed by atoms with Crippen LogP contribution < -0.4 is 0 Å². The summed E-state index contributed by atoms with van der Waals surface area (Å²) in [5.74, 6) is 0. The van der Waals surface area contributed by atoms with E-state index in [1.54, 1.807) is 17.5 Å². The molecule has 0 amide bonds. The molecule has 2 heterocycles. The molecule has 0 aliphatic carbocycles. The number of rotatable bonds is 5. The summed E-state index contributed by atoms with van der Waals surface area (Å²) in [6.07, 6.45) is -4.40. The standard InChI is InChI=1S/C18H8F3N3O3S2/c19-18(20,21)12-7-13(15-2-1-5-28-15)23-17(11(12)8-22)29-16-4-3-10(9-25)6-14(16)24(26)27/h1-7,9H. The fourth-order valence-electron chi connectivity index (χ4n) is 2.42. The van der Waals surface area contributed by atoms with E-state index < -0.39 is 27.9 Å². The van der Waals surface area contributed by atoms with E-state index in [2.05, 4.69) is 4.98 Å². The smallest absolute Gasteiger partial charge is 0.298 e. The van der Waals surface area contributed by atoms with Crippen LogP contribution >= 0.6 is 23.1 Å². The maximum absolute atomic E-state index is 13.6. The molecule has 0 saturated heterocycles. The molecule has 146 valence electrons. The summed E-state index contributed by atoms with van der Waals surface area (Å²) >= 11 is 1.74. The number of thiophene rings is 1. The van der Waals surface area contributed by atoms with Crippen molar-refractivity contribution in [1.29, 1.82) is 5.26 Å². The Hall–Kier alpha value is -3.23. The second-order valence-corrected chi connectivity index (χ2v) is 7.50. The highest BCUT2D eigenvalue weighted by Gasteiger charge is 2.36. The third-order valence-electron chi connectivity index (χ3n) is 3.70. The van der Waals surface area contributed by atoms with Crippen molar-refractivity contribution < 1.29 is 22.9 Å². The molecule has 29 heavy (non-hydrogen) atoms. The van der Waals surface area contributed by atoms with Crippen molar-refractivity contribution in [1.82, 2.24) is 4.98 Å². The molecule has 2 aromatic heterocycles. The third kappa shape index (κ3) is 4.28. The van der Waals surface area contributed by atoms with Crippen LogP contribution in [0.5, 0.6) is 0 Å². The quantitative estimate of drug-likeness (QED) is 0.295. The highest BCUT2D eigenvalue weighted by atomic mass is 32.2. The van der Waals surface area contributed by atoms with E-state index in [1.165, 1.54) is 29.5 Å². The number of benzene rings is 1. The number of aromatic nitrogens is 1. The lowest BCUT2D eigenvalue weighted by Gasteiger charge is -2.13. The van der Waals surface area contributed by atoms with Crippen molar-refractivity contribution in [2.45, 2.75) is 16.1 Å². The van der Waals surface area contributed by atoms with Gasteiger partial charge in [0.25, 0.3) is 5.69 Å². The second kappa shape index (κ2) is 8.02. The zero-order valence-corrected chi connectivity index (χ0v) is 15.8. The van der Waals surface area contributed by atoms with Crippen molar-refractivity contribution >= 4 is 35.1 Å². The summed E-state index contributed by atoms with van der Waals surface area (Å²) in [5.41, 5.74) is -2.33. The molecule has 0 atom stereocenters. The van der Waals surface area contributed by atoms with E-state index in [0.29, 0.717) is 22.9 Å². The van der Waals surface area contributed by atoms with E-state index in [9.17, 15) is 33.3 Å². The van der Waals surface area contributed by atoms with E-state index >= 15 is 0 Å². The van der Waals surface area contributed by atoms with Gasteiger partial charge < -0.3 is 0 Å². The number of nitro benzene ring substituents is 1. The van der Waals surface area contributed by atoms with Gasteiger partial charge in [0.2, 0.25) is 0 Å². The molecule has 0 radical (unpaired) electrons. The Morgan fingerprint density at radius 1 is 1.28 bits per heavy atom. The topological polar surface area (TPSA) is 96.9 Å². The van der Waals surface area contributed by atoms with Gasteiger partial charge in [-0.25, -0.2) is 4.98 Å². The maximum Gasteiger partial charge on any atom is 0.417 e. The Labute approximate surface area is 169 Å². The fourth-order valence-corrected chi connectivity index (χ4v) is 4.09. The maximum atomic E-state index is 13.6. The molecule has 0 aliphatic rings. The number of pyridine rings is 1. The van der Waals surface area contributed by atoms with Gasteiger partial charge in [0.05, 0.1) is 31.5 Å². The number of nitro groups is 1. The Morgan fingerprint density at radius 2 is 2.03 bits per heavy atom. The molecular weight excluding hydrogens is 427 g/mol. The minimum atomic E-state index is -4.82. The number of hydrogen-bond acceptors (Lipinski definition) is 7. The summed E-state index contributed by atoms with van der Waals surface area (Å²) in [7, 11) is 0. The zero-order chi connectivity index (χ0) is 21.2. The third-order valence-corrected chi connectivity index (χ3v) is 5.65. The molecule has 0 bridgehead atoms. The minimum absolute atomic E-state index is 0.000916. The number of nitrogens with zero attached hydrogens (tertiary/aromatic N) is 3. The summed E-state index contributed by atoms with van der Waals surface area (Å²) in [4.78, 5) is 26.0. The molecular formula is C18H8F3N3O3S2. The largest absolute Gasteiger partial charge is 0.417 e. The van der Waals surface area contributed by atoms with Gasteiger partial charge in [0.15, 0.2) is 0 Å². The first-order valence-electron chi connectivity index (χ1n) is 7.72. The molecule has 0 N–H and O–H groups in total. The number of hydrogen-bond donors (Lipinski definition) is 0. The highest BCUT2D eigenvalue weighted by molar-refractivity contribution is 7.99. The van der Waals surface area contributed by atoms with Crippen molar-refractivity contribution in [3.05, 3.63) is 68.6 Å². The minimum Gasteiger partial charge on any atom is -0.298 e. The zero-order valence-electron chi connectivity index (χ0n) is 14.1. The van der Waals surface area contributed by atoms with Gasteiger partial charge in [0.1, 0.15) is 17.4 Å². The van der Waals surface area contributed by atoms with Crippen LogP contribution in [-0.2, 0) is 6.18 Å². The number of carbonyl (C=O) groups is 1. The number of aldehydes is 1. The van der Waals surface area contributed by atoms with Crippen LogP contribution in [-0.4, -0.2) is 16.2 Å². The predicted octanol–water partition coefficient (Wildman–Crippen LogP) is 5.57. The fraction of sp³-hybridized carbons (Fsp3) is 0.0556. The van der Waals surface area contributed by atoms with E-state index in [1.807, 2.05) is 0 Å². The van der Waals surface area contributed by atoms with Gasteiger partial charge >= 0.3 is 6.18 Å². The first-order chi connectivity index (χ1) is 13.7. The molecule has 0 unspecified atom stereocenters. The Morgan fingerprint density at radius 3 is 2.59 bits per heavy atom. The van der Waals surface area contributed by atoms with Crippen molar-refractivity contribution in [3.63, 3.8) is 0 Å². The SMILES string of the molecule is N#Cc1c(C(F)(F)F)cc(-c2cccs2)nc1Sc1ccc(C=O)cc1[N+](=O)[O-]. The molecule has 3 rings (SSSR count). The number of alkyl halides is 3.